The maximum atomic E-state index is 12.3. The Hall–Kier alpha value is -2.90. The van der Waals surface area contributed by atoms with Crippen molar-refractivity contribution in [3.63, 3.8) is 0 Å². The minimum atomic E-state index is -2.12. The highest BCUT2D eigenvalue weighted by Gasteiger charge is 2.46. The maximum absolute atomic E-state index is 12.3. The number of rotatable bonds is 9. The Morgan fingerprint density at radius 3 is 1.47 bits per heavy atom. The number of hydrogen-bond donors (Lipinski definition) is 0. The van der Waals surface area contributed by atoms with E-state index in [1.54, 1.807) is 6.92 Å². The molecule has 0 spiro atoms. The van der Waals surface area contributed by atoms with Crippen LogP contribution in [0.3, 0.4) is 0 Å². The number of carbonyl (C=O) groups excluding carboxylic acids is 1. The van der Waals surface area contributed by atoms with Crippen LogP contribution in [0.25, 0.3) is 0 Å². The first-order valence-corrected chi connectivity index (χ1v) is 12.2. The summed E-state index contributed by atoms with van der Waals surface area (Å²) in [5.74, 6) is 0.286. The Kier molecular flexibility index (Phi) is 7.82. The minimum absolute atomic E-state index is 0.338. The summed E-state index contributed by atoms with van der Waals surface area (Å²) in [5, 5.41) is 3.74. The molecule has 0 saturated carbocycles. The second kappa shape index (κ2) is 10.8. The van der Waals surface area contributed by atoms with Crippen LogP contribution in [0.15, 0.2) is 103 Å². The fourth-order valence-corrected chi connectivity index (χ4v) is 7.77. The Morgan fingerprint density at radius 1 is 0.700 bits per heavy atom. The van der Waals surface area contributed by atoms with Crippen molar-refractivity contribution in [2.45, 2.75) is 13.8 Å². The smallest absolute Gasteiger partial charge is 0.334 e. The van der Waals surface area contributed by atoms with Gasteiger partial charge in [-0.15, -0.1) is 0 Å². The highest BCUT2D eigenvalue weighted by Crippen LogP contribution is 2.56. The van der Waals surface area contributed by atoms with E-state index >= 15 is 0 Å². The molecule has 0 radical (unpaired) electrons. The van der Waals surface area contributed by atoms with Gasteiger partial charge in [-0.1, -0.05) is 54.6 Å². The molecule has 0 heterocycles. The lowest BCUT2D eigenvalue weighted by Crippen LogP contribution is -2.34. The van der Waals surface area contributed by atoms with Gasteiger partial charge in [0.25, 0.3) is 0 Å². The summed E-state index contributed by atoms with van der Waals surface area (Å²) in [4.78, 5) is 12.3. The van der Waals surface area contributed by atoms with Crippen LogP contribution >= 0.6 is 7.26 Å². The first kappa shape index (κ1) is 21.8. The predicted molar refractivity (Wildman–Crippen MR) is 126 cm³/mol. The van der Waals surface area contributed by atoms with Gasteiger partial charge in [0.2, 0.25) is 0 Å². The van der Waals surface area contributed by atoms with E-state index in [0.29, 0.717) is 25.1 Å². The van der Waals surface area contributed by atoms with Crippen molar-refractivity contribution < 1.29 is 14.3 Å². The normalized spacial score (nSPS) is 11.7. The molecule has 0 saturated heterocycles. The molecule has 0 amide bonds. The van der Waals surface area contributed by atoms with E-state index < -0.39 is 7.26 Å². The minimum Gasteiger partial charge on any atom is -0.494 e. The van der Waals surface area contributed by atoms with Crippen LogP contribution in [0, 0.1) is 0 Å². The van der Waals surface area contributed by atoms with Crippen molar-refractivity contribution in [2.75, 3.05) is 19.4 Å². The van der Waals surface area contributed by atoms with E-state index in [-0.39, 0.29) is 5.97 Å². The molecule has 3 aromatic carbocycles. The van der Waals surface area contributed by atoms with E-state index in [9.17, 15) is 4.79 Å². The third-order valence-corrected chi connectivity index (χ3v) is 9.20. The van der Waals surface area contributed by atoms with Crippen LogP contribution in [0.5, 0.6) is 0 Å². The van der Waals surface area contributed by atoms with Crippen molar-refractivity contribution in [3.05, 3.63) is 103 Å². The molecular weight excluding hydrogens is 391 g/mol. The zero-order valence-corrected chi connectivity index (χ0v) is 18.4. The molecule has 0 fully saturated rings. The lowest BCUT2D eigenvalue weighted by Gasteiger charge is -2.28. The maximum Gasteiger partial charge on any atom is 0.334 e. The van der Waals surface area contributed by atoms with Gasteiger partial charge in [0, 0.05) is 0 Å². The van der Waals surface area contributed by atoms with Crippen molar-refractivity contribution in [1.82, 2.24) is 0 Å². The lowest BCUT2D eigenvalue weighted by atomic mass is 10.3. The van der Waals surface area contributed by atoms with Crippen LogP contribution in [-0.4, -0.2) is 25.3 Å². The van der Waals surface area contributed by atoms with Gasteiger partial charge in [-0.25, -0.2) is 4.79 Å². The Labute approximate surface area is 179 Å². The fourth-order valence-electron chi connectivity index (χ4n) is 3.64. The summed E-state index contributed by atoms with van der Waals surface area (Å²) < 4.78 is 11.1. The standard InChI is InChI=1S/C26H28O3P/c1-3-28-22(20-26(27)29-4-2)21-30(23-14-8-5-9-15-23,24-16-10-6-11-17-24)25-18-12-7-13-19-25/h5-20H,3-4,21H2,1-2H3/q+1/b22-20-. The van der Waals surface area contributed by atoms with Crippen LogP contribution in [0.1, 0.15) is 13.8 Å². The van der Waals surface area contributed by atoms with Crippen LogP contribution in [0.2, 0.25) is 0 Å². The number of carbonyl (C=O) groups is 1. The molecule has 0 aliphatic carbocycles. The predicted octanol–water partition coefficient (Wildman–Crippen LogP) is 4.46. The van der Waals surface area contributed by atoms with Gasteiger partial charge in [-0.2, -0.15) is 0 Å². The van der Waals surface area contributed by atoms with Crippen LogP contribution in [0.4, 0.5) is 0 Å². The summed E-state index contributed by atoms with van der Waals surface area (Å²) in [6.07, 6.45) is 2.12. The zero-order valence-electron chi connectivity index (χ0n) is 17.5. The number of esters is 1. The zero-order chi connectivity index (χ0) is 21.2. The quantitative estimate of drug-likeness (QED) is 0.222. The summed E-state index contributed by atoms with van der Waals surface area (Å²) in [6.45, 7) is 4.57. The topological polar surface area (TPSA) is 35.5 Å². The Balaban J connectivity index is 2.24. The average molecular weight is 419 g/mol. The number of hydrogen-bond acceptors (Lipinski definition) is 3. The van der Waals surface area contributed by atoms with Crippen molar-refractivity contribution in [3.8, 4) is 0 Å². The second-order valence-corrected chi connectivity index (χ2v) is 10.3. The third-order valence-electron chi connectivity index (χ3n) is 4.88. The van der Waals surface area contributed by atoms with Gasteiger partial charge in [0.1, 0.15) is 35.1 Å². The van der Waals surface area contributed by atoms with E-state index in [2.05, 4.69) is 72.8 Å². The van der Waals surface area contributed by atoms with Crippen LogP contribution in [-0.2, 0) is 14.3 Å². The van der Waals surface area contributed by atoms with Gasteiger partial charge < -0.3 is 9.47 Å². The Bertz CT molecular complexity index is 857. The summed E-state index contributed by atoms with van der Waals surface area (Å²) in [6, 6.07) is 31.6. The molecule has 3 nitrogen and oxygen atoms in total. The second-order valence-electron chi connectivity index (χ2n) is 6.77. The highest BCUT2D eigenvalue weighted by atomic mass is 31.2. The molecule has 0 aromatic heterocycles. The molecule has 4 heteroatoms. The molecule has 0 unspecified atom stereocenters. The van der Waals surface area contributed by atoms with Gasteiger partial charge in [0.05, 0.1) is 19.3 Å². The third kappa shape index (κ3) is 4.98. The SMILES string of the molecule is CCOC(=O)/C=C(/C[P+](c1ccccc1)(c1ccccc1)c1ccccc1)OCC. The van der Waals surface area contributed by atoms with E-state index in [4.69, 9.17) is 9.47 Å². The van der Waals surface area contributed by atoms with Crippen molar-refractivity contribution >= 4 is 29.1 Å². The molecule has 0 aliphatic heterocycles. The summed E-state index contributed by atoms with van der Waals surface area (Å²) in [5.41, 5.74) is 0. The molecule has 154 valence electrons. The summed E-state index contributed by atoms with van der Waals surface area (Å²) >= 11 is 0. The van der Waals surface area contributed by atoms with Gasteiger partial charge in [-0.3, -0.25) is 0 Å². The molecule has 0 aliphatic rings. The van der Waals surface area contributed by atoms with Gasteiger partial charge >= 0.3 is 5.97 Å². The first-order chi connectivity index (χ1) is 14.7. The first-order valence-electron chi connectivity index (χ1n) is 10.3. The fraction of sp³-hybridized carbons (Fsp3) is 0.192. The number of ether oxygens (including phenoxy) is 2. The monoisotopic (exact) mass is 419 g/mol. The largest absolute Gasteiger partial charge is 0.494 e. The lowest BCUT2D eigenvalue weighted by molar-refractivity contribution is -0.137. The Morgan fingerprint density at radius 2 is 1.10 bits per heavy atom. The molecule has 30 heavy (non-hydrogen) atoms. The van der Waals surface area contributed by atoms with Gasteiger partial charge in [-0.05, 0) is 50.2 Å². The van der Waals surface area contributed by atoms with E-state index in [0.717, 1.165) is 0 Å². The average Bonchev–Trinajstić information content (AvgIpc) is 2.79. The van der Waals surface area contributed by atoms with Gasteiger partial charge in [0.15, 0.2) is 0 Å². The molecule has 0 N–H and O–H groups in total. The van der Waals surface area contributed by atoms with E-state index in [1.165, 1.54) is 22.0 Å². The van der Waals surface area contributed by atoms with Crippen LogP contribution < -0.4 is 15.9 Å². The number of benzene rings is 3. The molecule has 0 atom stereocenters. The highest BCUT2D eigenvalue weighted by molar-refractivity contribution is 7.95. The summed E-state index contributed by atoms with van der Waals surface area (Å²) in [7, 11) is -2.12. The molecule has 3 aromatic rings. The van der Waals surface area contributed by atoms with Crippen molar-refractivity contribution in [2.24, 2.45) is 0 Å². The molecule has 3 rings (SSSR count). The molecule has 0 bridgehead atoms. The van der Waals surface area contributed by atoms with E-state index in [1.807, 2.05) is 25.1 Å². The van der Waals surface area contributed by atoms with Crippen molar-refractivity contribution in [1.29, 1.82) is 0 Å². The molecular formula is C26H28O3P+. The number of allylic oxidation sites excluding steroid dienone is 1.